The molecule has 0 saturated carbocycles. The molecule has 1 aromatic carbocycles. The van der Waals surface area contributed by atoms with Crippen LogP contribution in [0.5, 0.6) is 0 Å². The summed E-state index contributed by atoms with van der Waals surface area (Å²) in [5.74, 6) is 0.248. The maximum absolute atomic E-state index is 13.3. The number of hydrogen-bond donors (Lipinski definition) is 0. The van der Waals surface area contributed by atoms with Crippen molar-refractivity contribution in [3.05, 3.63) is 35.4 Å². The van der Waals surface area contributed by atoms with Crippen molar-refractivity contribution in [3.63, 3.8) is 0 Å². The van der Waals surface area contributed by atoms with Crippen LogP contribution in [0, 0.1) is 5.92 Å². The van der Waals surface area contributed by atoms with E-state index in [1.54, 1.807) is 4.90 Å². The molecule has 4 rings (SSSR count). The van der Waals surface area contributed by atoms with Crippen LogP contribution in [0.2, 0.25) is 0 Å². The molecule has 3 heterocycles. The molecule has 1 aromatic rings. The van der Waals surface area contributed by atoms with Crippen LogP contribution < -0.4 is 0 Å². The van der Waals surface area contributed by atoms with Crippen LogP contribution in [0.25, 0.3) is 0 Å². The molecule has 2 amide bonds. The van der Waals surface area contributed by atoms with Crippen molar-refractivity contribution in [1.82, 2.24) is 14.7 Å². The Morgan fingerprint density at radius 3 is 2.35 bits per heavy atom. The van der Waals surface area contributed by atoms with Gasteiger partial charge in [-0.2, -0.15) is 13.2 Å². The van der Waals surface area contributed by atoms with Gasteiger partial charge in [0.1, 0.15) is 0 Å². The van der Waals surface area contributed by atoms with Crippen LogP contribution in [0.15, 0.2) is 24.3 Å². The van der Waals surface area contributed by atoms with Crippen molar-refractivity contribution in [2.45, 2.75) is 63.3 Å². The third-order valence-electron chi connectivity index (χ3n) is 7.48. The Labute approximate surface area is 181 Å². The number of nitrogens with zero attached hydrogens (tertiary/aromatic N) is 3. The van der Waals surface area contributed by atoms with E-state index in [9.17, 15) is 22.8 Å². The first-order chi connectivity index (χ1) is 14.6. The molecule has 2 atom stereocenters. The quantitative estimate of drug-likeness (QED) is 0.727. The van der Waals surface area contributed by atoms with E-state index in [2.05, 4.69) is 11.9 Å². The molecule has 0 aliphatic carbocycles. The number of fused-ring (bicyclic) bond motifs is 1. The van der Waals surface area contributed by atoms with Gasteiger partial charge in [-0.05, 0) is 70.4 Å². The first-order valence-electron chi connectivity index (χ1n) is 11.1. The van der Waals surface area contributed by atoms with Gasteiger partial charge in [0, 0.05) is 25.4 Å². The molecular weight excluding hydrogens is 407 g/mol. The van der Waals surface area contributed by atoms with Gasteiger partial charge < -0.3 is 14.7 Å². The van der Waals surface area contributed by atoms with E-state index >= 15 is 0 Å². The second-order valence-corrected chi connectivity index (χ2v) is 9.45. The van der Waals surface area contributed by atoms with Crippen molar-refractivity contribution in [1.29, 1.82) is 0 Å². The van der Waals surface area contributed by atoms with Crippen molar-refractivity contribution in [2.75, 3.05) is 26.7 Å². The number of likely N-dealkylation sites (tertiary alicyclic amines) is 3. The Balaban J connectivity index is 1.50. The Bertz CT molecular complexity index is 833. The fraction of sp³-hybridized carbons (Fsp3) is 0.652. The smallest absolute Gasteiger partial charge is 0.337 e. The number of carbonyl (C=O) groups is 2. The first kappa shape index (κ1) is 22.1. The number of rotatable bonds is 3. The first-order valence-corrected chi connectivity index (χ1v) is 11.1. The standard InChI is InChI=1S/C23H30F3N3O2/c1-22-11-14-28(21(31)17-9-12-27(2)13-10-17)19(22)7-8-20(30)29(22)15-16-3-5-18(6-4-16)23(24,25)26/h3-6,17,19H,7-15H2,1-2H3/t19-,22-/m0/s1. The molecule has 3 saturated heterocycles. The highest BCUT2D eigenvalue weighted by Gasteiger charge is 2.54. The fourth-order valence-electron chi connectivity index (χ4n) is 5.47. The highest BCUT2D eigenvalue weighted by Crippen LogP contribution is 2.42. The SMILES string of the molecule is CN1CCC(C(=O)N2CC[C@@]3(C)[C@@H]2CCC(=O)N3Cc2ccc(C(F)(F)F)cc2)CC1. The normalized spacial score (nSPS) is 28.2. The summed E-state index contributed by atoms with van der Waals surface area (Å²) in [5, 5.41) is 0. The van der Waals surface area contributed by atoms with Crippen LogP contribution in [-0.2, 0) is 22.3 Å². The predicted octanol–water partition coefficient (Wildman–Crippen LogP) is 3.53. The van der Waals surface area contributed by atoms with Gasteiger partial charge in [-0.15, -0.1) is 0 Å². The molecule has 5 nitrogen and oxygen atoms in total. The number of halogens is 3. The number of alkyl halides is 3. The van der Waals surface area contributed by atoms with Crippen LogP contribution in [0.1, 0.15) is 50.2 Å². The highest BCUT2D eigenvalue weighted by atomic mass is 19.4. The highest BCUT2D eigenvalue weighted by molar-refractivity contribution is 5.82. The summed E-state index contributed by atoms with van der Waals surface area (Å²) in [6.07, 6.45) is -0.943. The molecule has 0 bridgehead atoms. The van der Waals surface area contributed by atoms with E-state index in [1.165, 1.54) is 12.1 Å². The Hall–Kier alpha value is -2.09. The molecule has 0 unspecified atom stereocenters. The second-order valence-electron chi connectivity index (χ2n) is 9.45. The molecule has 3 aliphatic heterocycles. The van der Waals surface area contributed by atoms with Gasteiger partial charge in [0.2, 0.25) is 11.8 Å². The van der Waals surface area contributed by atoms with Crippen LogP contribution in [-0.4, -0.2) is 64.8 Å². The molecule has 0 aromatic heterocycles. The zero-order chi connectivity index (χ0) is 22.4. The van der Waals surface area contributed by atoms with Gasteiger partial charge in [-0.25, -0.2) is 0 Å². The monoisotopic (exact) mass is 437 g/mol. The molecule has 0 spiro atoms. The zero-order valence-corrected chi connectivity index (χ0v) is 18.1. The van der Waals surface area contributed by atoms with Gasteiger partial charge in [0.15, 0.2) is 0 Å². The van der Waals surface area contributed by atoms with E-state index in [4.69, 9.17) is 0 Å². The van der Waals surface area contributed by atoms with E-state index in [1.807, 2.05) is 11.8 Å². The third kappa shape index (κ3) is 4.19. The van der Waals surface area contributed by atoms with E-state index in [0.717, 1.165) is 38.1 Å². The average molecular weight is 438 g/mol. The Morgan fingerprint density at radius 2 is 1.74 bits per heavy atom. The van der Waals surface area contributed by atoms with Crippen molar-refractivity contribution < 1.29 is 22.8 Å². The summed E-state index contributed by atoms with van der Waals surface area (Å²) < 4.78 is 38.6. The van der Waals surface area contributed by atoms with Crippen LogP contribution in [0.3, 0.4) is 0 Å². The minimum atomic E-state index is -4.38. The number of hydrogen-bond acceptors (Lipinski definition) is 3. The van der Waals surface area contributed by atoms with E-state index < -0.39 is 17.3 Å². The molecule has 0 N–H and O–H groups in total. The average Bonchev–Trinajstić information content (AvgIpc) is 3.07. The summed E-state index contributed by atoms with van der Waals surface area (Å²) >= 11 is 0. The molecule has 0 radical (unpaired) electrons. The lowest BCUT2D eigenvalue weighted by molar-refractivity contribution is -0.150. The zero-order valence-electron chi connectivity index (χ0n) is 18.1. The van der Waals surface area contributed by atoms with Gasteiger partial charge >= 0.3 is 6.18 Å². The largest absolute Gasteiger partial charge is 0.416 e. The lowest BCUT2D eigenvalue weighted by Crippen LogP contribution is -2.61. The molecule has 170 valence electrons. The van der Waals surface area contributed by atoms with Crippen LogP contribution >= 0.6 is 0 Å². The minimum absolute atomic E-state index is 0.00670. The lowest BCUT2D eigenvalue weighted by Gasteiger charge is -2.48. The summed E-state index contributed by atoms with van der Waals surface area (Å²) in [6.45, 7) is 4.76. The van der Waals surface area contributed by atoms with Crippen molar-refractivity contribution in [3.8, 4) is 0 Å². The molecular formula is C23H30F3N3O2. The summed E-state index contributed by atoms with van der Waals surface area (Å²) in [6, 6.07) is 4.98. The van der Waals surface area contributed by atoms with Gasteiger partial charge in [0.05, 0.1) is 17.1 Å². The van der Waals surface area contributed by atoms with Crippen molar-refractivity contribution in [2.24, 2.45) is 5.92 Å². The number of amides is 2. The van der Waals surface area contributed by atoms with Crippen molar-refractivity contribution >= 4 is 11.8 Å². The maximum atomic E-state index is 13.3. The Morgan fingerprint density at radius 1 is 1.10 bits per heavy atom. The van der Waals surface area contributed by atoms with Gasteiger partial charge in [-0.1, -0.05) is 12.1 Å². The summed E-state index contributed by atoms with van der Waals surface area (Å²) in [7, 11) is 2.07. The lowest BCUT2D eigenvalue weighted by atomic mass is 9.82. The number of carbonyl (C=O) groups excluding carboxylic acids is 2. The molecule has 3 aliphatic rings. The van der Waals surface area contributed by atoms with Gasteiger partial charge in [0.25, 0.3) is 0 Å². The third-order valence-corrected chi connectivity index (χ3v) is 7.48. The second kappa shape index (κ2) is 8.11. The predicted molar refractivity (Wildman–Crippen MR) is 110 cm³/mol. The Kier molecular flexibility index (Phi) is 5.79. The molecule has 8 heteroatoms. The maximum Gasteiger partial charge on any atom is 0.416 e. The summed E-state index contributed by atoms with van der Waals surface area (Å²) in [5.41, 5.74) is -0.511. The fourth-order valence-corrected chi connectivity index (χ4v) is 5.47. The van der Waals surface area contributed by atoms with Crippen LogP contribution in [0.4, 0.5) is 13.2 Å². The van der Waals surface area contributed by atoms with Gasteiger partial charge in [-0.3, -0.25) is 9.59 Å². The minimum Gasteiger partial charge on any atom is -0.337 e. The molecule has 3 fully saturated rings. The topological polar surface area (TPSA) is 43.9 Å². The molecule has 31 heavy (non-hydrogen) atoms. The number of benzene rings is 1. The number of piperidine rings is 2. The van der Waals surface area contributed by atoms with E-state index in [-0.39, 0.29) is 30.3 Å². The van der Waals surface area contributed by atoms with E-state index in [0.29, 0.717) is 31.4 Å². The summed E-state index contributed by atoms with van der Waals surface area (Å²) in [4.78, 5) is 32.1.